The van der Waals surface area contributed by atoms with Crippen molar-refractivity contribution in [1.29, 1.82) is 0 Å². The summed E-state index contributed by atoms with van der Waals surface area (Å²) in [6.45, 7) is 3.72. The Morgan fingerprint density at radius 1 is 1.17 bits per heavy atom. The quantitative estimate of drug-likeness (QED) is 0.609. The molecule has 0 saturated heterocycles. The minimum Gasteiger partial charge on any atom is -0.396 e. The SMILES string of the molecule is Cc1cccc(CNC(=O)Cn2c(-c3cccc(Cl)c3)nc(C)c(CCO)c2=O)c1. The van der Waals surface area contributed by atoms with E-state index in [0.717, 1.165) is 11.1 Å². The molecule has 0 atom stereocenters. The number of hydrogen-bond donors (Lipinski definition) is 2. The Labute approximate surface area is 180 Å². The van der Waals surface area contributed by atoms with Gasteiger partial charge >= 0.3 is 0 Å². The number of aliphatic hydroxyl groups excluding tert-OH is 1. The molecule has 0 aliphatic heterocycles. The fourth-order valence-electron chi connectivity index (χ4n) is 3.32. The Bertz CT molecular complexity index is 1120. The molecular weight excluding hydrogens is 402 g/mol. The van der Waals surface area contributed by atoms with Crippen LogP contribution in [0.1, 0.15) is 22.4 Å². The monoisotopic (exact) mass is 425 g/mol. The molecule has 0 bridgehead atoms. The molecule has 30 heavy (non-hydrogen) atoms. The lowest BCUT2D eigenvalue weighted by molar-refractivity contribution is -0.121. The van der Waals surface area contributed by atoms with Gasteiger partial charge in [-0.25, -0.2) is 4.98 Å². The van der Waals surface area contributed by atoms with Crippen LogP contribution in [0.4, 0.5) is 0 Å². The van der Waals surface area contributed by atoms with Crippen LogP contribution in [0, 0.1) is 13.8 Å². The molecule has 0 fully saturated rings. The lowest BCUT2D eigenvalue weighted by Crippen LogP contribution is -2.35. The summed E-state index contributed by atoms with van der Waals surface area (Å²) in [7, 11) is 0. The van der Waals surface area contributed by atoms with Crippen molar-refractivity contribution >= 4 is 17.5 Å². The number of carbonyl (C=O) groups excluding carboxylic acids is 1. The lowest BCUT2D eigenvalue weighted by atomic mass is 10.1. The number of rotatable bonds is 7. The summed E-state index contributed by atoms with van der Waals surface area (Å²) in [5.74, 6) is 0.0647. The molecular formula is C23H24ClN3O3. The molecule has 2 aromatic carbocycles. The summed E-state index contributed by atoms with van der Waals surface area (Å²) >= 11 is 6.12. The highest BCUT2D eigenvalue weighted by Crippen LogP contribution is 2.21. The van der Waals surface area contributed by atoms with Crippen LogP contribution in [0.3, 0.4) is 0 Å². The fourth-order valence-corrected chi connectivity index (χ4v) is 3.51. The first-order chi connectivity index (χ1) is 14.4. The van der Waals surface area contributed by atoms with Crippen LogP contribution in [-0.4, -0.2) is 27.2 Å². The van der Waals surface area contributed by atoms with Crippen molar-refractivity contribution < 1.29 is 9.90 Å². The van der Waals surface area contributed by atoms with Gasteiger partial charge in [0.2, 0.25) is 5.91 Å². The van der Waals surface area contributed by atoms with Crippen molar-refractivity contribution in [3.63, 3.8) is 0 Å². The van der Waals surface area contributed by atoms with Crippen LogP contribution in [0.5, 0.6) is 0 Å². The van der Waals surface area contributed by atoms with Crippen LogP contribution < -0.4 is 10.9 Å². The van der Waals surface area contributed by atoms with Crippen molar-refractivity contribution in [3.05, 3.63) is 86.3 Å². The van der Waals surface area contributed by atoms with Gasteiger partial charge in [0.25, 0.3) is 5.56 Å². The number of amides is 1. The Morgan fingerprint density at radius 3 is 2.63 bits per heavy atom. The van der Waals surface area contributed by atoms with E-state index in [2.05, 4.69) is 10.3 Å². The molecule has 0 aliphatic carbocycles. The highest BCUT2D eigenvalue weighted by molar-refractivity contribution is 6.30. The zero-order valence-electron chi connectivity index (χ0n) is 17.0. The molecule has 156 valence electrons. The Morgan fingerprint density at radius 2 is 1.93 bits per heavy atom. The van der Waals surface area contributed by atoms with Crippen molar-refractivity contribution in [1.82, 2.24) is 14.9 Å². The van der Waals surface area contributed by atoms with Gasteiger partial charge in [-0.2, -0.15) is 0 Å². The molecule has 3 aromatic rings. The summed E-state index contributed by atoms with van der Waals surface area (Å²) in [4.78, 5) is 30.3. The number of nitrogens with one attached hydrogen (secondary N) is 1. The number of halogens is 1. The molecule has 3 rings (SSSR count). The van der Waals surface area contributed by atoms with Crippen LogP contribution in [-0.2, 0) is 24.3 Å². The van der Waals surface area contributed by atoms with E-state index in [4.69, 9.17) is 11.6 Å². The predicted octanol–water partition coefficient (Wildman–Crippen LogP) is 3.03. The van der Waals surface area contributed by atoms with Gasteiger partial charge < -0.3 is 10.4 Å². The number of hydrogen-bond acceptors (Lipinski definition) is 4. The van der Waals surface area contributed by atoms with E-state index in [1.54, 1.807) is 31.2 Å². The first-order valence-electron chi connectivity index (χ1n) is 9.68. The van der Waals surface area contributed by atoms with E-state index in [1.165, 1.54) is 4.57 Å². The van der Waals surface area contributed by atoms with Gasteiger partial charge in [0.05, 0.1) is 0 Å². The molecule has 2 N–H and O–H groups in total. The second-order valence-corrected chi connectivity index (χ2v) is 7.58. The van der Waals surface area contributed by atoms with Crippen molar-refractivity contribution in [2.24, 2.45) is 0 Å². The van der Waals surface area contributed by atoms with E-state index >= 15 is 0 Å². The molecule has 0 saturated carbocycles. The molecule has 6 nitrogen and oxygen atoms in total. The molecule has 1 heterocycles. The smallest absolute Gasteiger partial charge is 0.257 e. The average molecular weight is 426 g/mol. The number of aryl methyl sites for hydroxylation is 2. The van der Waals surface area contributed by atoms with E-state index in [0.29, 0.717) is 34.2 Å². The Hall–Kier alpha value is -2.96. The molecule has 0 aliphatic rings. The normalized spacial score (nSPS) is 10.8. The van der Waals surface area contributed by atoms with Crippen LogP contribution >= 0.6 is 11.6 Å². The van der Waals surface area contributed by atoms with Crippen molar-refractivity contribution in [2.75, 3.05) is 6.61 Å². The zero-order valence-corrected chi connectivity index (χ0v) is 17.7. The predicted molar refractivity (Wildman–Crippen MR) is 117 cm³/mol. The summed E-state index contributed by atoms with van der Waals surface area (Å²) in [5.41, 5.74) is 3.32. The van der Waals surface area contributed by atoms with Crippen LogP contribution in [0.25, 0.3) is 11.4 Å². The fraction of sp³-hybridized carbons (Fsp3) is 0.261. The second kappa shape index (κ2) is 9.69. The first-order valence-corrected chi connectivity index (χ1v) is 10.1. The third kappa shape index (κ3) is 5.14. The third-order valence-electron chi connectivity index (χ3n) is 4.79. The lowest BCUT2D eigenvalue weighted by Gasteiger charge is -2.16. The van der Waals surface area contributed by atoms with Gasteiger partial charge in [0, 0.05) is 41.4 Å². The average Bonchev–Trinajstić information content (AvgIpc) is 2.71. The zero-order chi connectivity index (χ0) is 21.7. The van der Waals surface area contributed by atoms with E-state index in [-0.39, 0.29) is 31.0 Å². The first kappa shape index (κ1) is 21.7. The Kier molecular flexibility index (Phi) is 7.03. The topological polar surface area (TPSA) is 84.2 Å². The van der Waals surface area contributed by atoms with Crippen LogP contribution in [0.2, 0.25) is 5.02 Å². The van der Waals surface area contributed by atoms with E-state index in [1.807, 2.05) is 31.2 Å². The summed E-state index contributed by atoms with van der Waals surface area (Å²) < 4.78 is 1.34. The second-order valence-electron chi connectivity index (χ2n) is 7.14. The number of aromatic nitrogens is 2. The number of aliphatic hydroxyl groups is 1. The van der Waals surface area contributed by atoms with Crippen LogP contribution in [0.15, 0.2) is 53.3 Å². The van der Waals surface area contributed by atoms with Crippen molar-refractivity contribution in [2.45, 2.75) is 33.4 Å². The van der Waals surface area contributed by atoms with Gasteiger partial charge in [-0.05, 0) is 31.5 Å². The standard InChI is InChI=1S/C23H24ClN3O3/c1-15-5-3-6-17(11-15)13-25-21(29)14-27-22(18-7-4-8-19(24)12-18)26-16(2)20(9-10-28)23(27)30/h3-8,11-12,28H,9-10,13-14H2,1-2H3,(H,25,29). The van der Waals surface area contributed by atoms with Gasteiger partial charge in [-0.1, -0.05) is 53.6 Å². The molecule has 1 aromatic heterocycles. The minimum absolute atomic E-state index is 0.173. The highest BCUT2D eigenvalue weighted by atomic mass is 35.5. The summed E-state index contributed by atoms with van der Waals surface area (Å²) in [5, 5.41) is 12.7. The maximum absolute atomic E-state index is 13.1. The molecule has 7 heteroatoms. The van der Waals surface area contributed by atoms with Crippen molar-refractivity contribution in [3.8, 4) is 11.4 Å². The minimum atomic E-state index is -0.336. The maximum Gasteiger partial charge on any atom is 0.257 e. The number of nitrogens with zero attached hydrogens (tertiary/aromatic N) is 2. The van der Waals surface area contributed by atoms with Gasteiger partial charge in [-0.15, -0.1) is 0 Å². The summed E-state index contributed by atoms with van der Waals surface area (Å²) in [6.07, 6.45) is 0.179. The third-order valence-corrected chi connectivity index (χ3v) is 5.02. The highest BCUT2D eigenvalue weighted by Gasteiger charge is 2.18. The van der Waals surface area contributed by atoms with Gasteiger partial charge in [-0.3, -0.25) is 14.2 Å². The Balaban J connectivity index is 1.93. The van der Waals surface area contributed by atoms with Gasteiger partial charge in [0.15, 0.2) is 0 Å². The van der Waals surface area contributed by atoms with E-state index in [9.17, 15) is 14.7 Å². The molecule has 0 unspecified atom stereocenters. The molecule has 0 spiro atoms. The maximum atomic E-state index is 13.1. The number of benzene rings is 2. The summed E-state index contributed by atoms with van der Waals surface area (Å²) in [6, 6.07) is 14.8. The molecule has 0 radical (unpaired) electrons. The largest absolute Gasteiger partial charge is 0.396 e. The van der Waals surface area contributed by atoms with Gasteiger partial charge in [0.1, 0.15) is 12.4 Å². The number of carbonyl (C=O) groups is 1. The van der Waals surface area contributed by atoms with E-state index < -0.39 is 0 Å². The molecule has 1 amide bonds.